The Balaban J connectivity index is 2.47. The van der Waals surface area contributed by atoms with E-state index in [1.165, 1.54) is 6.08 Å². The van der Waals surface area contributed by atoms with Crippen molar-refractivity contribution in [2.45, 2.75) is 36.8 Å². The van der Waals surface area contributed by atoms with E-state index < -0.39 is 36.3 Å². The van der Waals surface area contributed by atoms with E-state index in [4.69, 9.17) is 4.74 Å². The maximum atomic E-state index is 13.4. The summed E-state index contributed by atoms with van der Waals surface area (Å²) in [6, 6.07) is 18.0. The molecule has 2 aromatic rings. The average molecular weight is 400 g/mol. The summed E-state index contributed by atoms with van der Waals surface area (Å²) < 4.78 is 5.82. The van der Waals surface area contributed by atoms with E-state index >= 15 is 0 Å². The third kappa shape index (κ3) is 5.82. The van der Waals surface area contributed by atoms with E-state index in [0.29, 0.717) is 5.56 Å². The lowest BCUT2D eigenvalue weighted by Crippen LogP contribution is -2.61. The summed E-state index contributed by atoms with van der Waals surface area (Å²) in [6.07, 6.45) is -3.81. The molecule has 0 spiro atoms. The Morgan fingerprint density at radius 1 is 1.00 bits per heavy atom. The highest BCUT2D eigenvalue weighted by Crippen LogP contribution is 2.29. The summed E-state index contributed by atoms with van der Waals surface area (Å²) in [4.78, 5) is 13.4. The van der Waals surface area contributed by atoms with Crippen LogP contribution in [0.3, 0.4) is 0 Å². The largest absolute Gasteiger partial charge is 0.394 e. The van der Waals surface area contributed by atoms with Crippen LogP contribution in [0, 0.1) is 0 Å². The van der Waals surface area contributed by atoms with Gasteiger partial charge in [0.25, 0.3) is 0 Å². The Morgan fingerprint density at radius 2 is 1.55 bits per heavy atom. The van der Waals surface area contributed by atoms with Gasteiger partial charge in [0.1, 0.15) is 18.3 Å². The number of carbonyl (C=O) groups is 1. The van der Waals surface area contributed by atoms with Crippen LogP contribution in [0.15, 0.2) is 73.3 Å². The molecule has 0 aliphatic heterocycles. The smallest absolute Gasteiger partial charge is 0.172 e. The molecule has 156 valence electrons. The third-order valence-electron chi connectivity index (χ3n) is 4.83. The fourth-order valence-corrected chi connectivity index (χ4v) is 3.22. The molecule has 2 aromatic carbocycles. The summed E-state index contributed by atoms with van der Waals surface area (Å²) in [5.41, 5.74) is -0.412. The Labute approximate surface area is 170 Å². The highest BCUT2D eigenvalue weighted by atomic mass is 16.5. The van der Waals surface area contributed by atoms with Gasteiger partial charge >= 0.3 is 0 Å². The van der Waals surface area contributed by atoms with E-state index in [2.05, 4.69) is 6.58 Å². The van der Waals surface area contributed by atoms with Gasteiger partial charge in [-0.2, -0.15) is 0 Å². The zero-order chi connectivity index (χ0) is 21.3. The van der Waals surface area contributed by atoms with Crippen LogP contribution in [0.1, 0.15) is 11.1 Å². The summed E-state index contributed by atoms with van der Waals surface area (Å²) in [7, 11) is 0. The van der Waals surface area contributed by atoms with Gasteiger partial charge in [0.15, 0.2) is 11.4 Å². The predicted molar refractivity (Wildman–Crippen MR) is 109 cm³/mol. The lowest BCUT2D eigenvalue weighted by Gasteiger charge is -2.39. The molecule has 6 nitrogen and oxygen atoms in total. The van der Waals surface area contributed by atoms with Crippen LogP contribution < -0.4 is 0 Å². The Hall–Kier alpha value is -2.35. The van der Waals surface area contributed by atoms with Gasteiger partial charge in [-0.05, 0) is 11.1 Å². The molecule has 4 N–H and O–H groups in total. The zero-order valence-electron chi connectivity index (χ0n) is 16.2. The van der Waals surface area contributed by atoms with E-state index in [0.717, 1.165) is 5.56 Å². The van der Waals surface area contributed by atoms with Gasteiger partial charge in [-0.1, -0.05) is 66.7 Å². The maximum absolute atomic E-state index is 13.4. The summed E-state index contributed by atoms with van der Waals surface area (Å²) in [5.74, 6) is -0.453. The van der Waals surface area contributed by atoms with E-state index in [1.54, 1.807) is 48.5 Å². The SMILES string of the molecule is C=CCO[C@@](Cc1ccccc1)(C(=O)Cc1ccccc1)[C@@H](O)[C@@H](O)[C@H](O)CO. The molecule has 0 saturated heterocycles. The molecular formula is C23H28O6. The first-order valence-corrected chi connectivity index (χ1v) is 9.45. The molecule has 29 heavy (non-hydrogen) atoms. The van der Waals surface area contributed by atoms with Crippen LogP contribution in [0.4, 0.5) is 0 Å². The van der Waals surface area contributed by atoms with Gasteiger partial charge in [-0.3, -0.25) is 4.79 Å². The van der Waals surface area contributed by atoms with Crippen molar-refractivity contribution in [1.82, 2.24) is 0 Å². The minimum Gasteiger partial charge on any atom is -0.394 e. The summed E-state index contributed by atoms with van der Waals surface area (Å²) in [5, 5.41) is 40.4. The van der Waals surface area contributed by atoms with Crippen molar-refractivity contribution in [3.05, 3.63) is 84.4 Å². The maximum Gasteiger partial charge on any atom is 0.172 e. The number of hydrogen-bond donors (Lipinski definition) is 4. The van der Waals surface area contributed by atoms with Crippen molar-refractivity contribution < 1.29 is 30.0 Å². The quantitative estimate of drug-likeness (QED) is 0.397. The van der Waals surface area contributed by atoms with Crippen LogP contribution in [0.5, 0.6) is 0 Å². The Morgan fingerprint density at radius 3 is 2.07 bits per heavy atom. The number of rotatable bonds is 12. The molecule has 0 fully saturated rings. The van der Waals surface area contributed by atoms with Gasteiger partial charge < -0.3 is 25.2 Å². The molecule has 2 rings (SSSR count). The van der Waals surface area contributed by atoms with Crippen molar-refractivity contribution in [2.75, 3.05) is 13.2 Å². The van der Waals surface area contributed by atoms with Crippen molar-refractivity contribution in [1.29, 1.82) is 0 Å². The van der Waals surface area contributed by atoms with E-state index in [9.17, 15) is 25.2 Å². The number of benzene rings is 2. The molecule has 0 aliphatic carbocycles. The Kier molecular flexibility index (Phi) is 8.70. The van der Waals surface area contributed by atoms with Crippen molar-refractivity contribution >= 4 is 5.78 Å². The van der Waals surface area contributed by atoms with Gasteiger partial charge in [0.2, 0.25) is 0 Å². The van der Waals surface area contributed by atoms with Crippen molar-refractivity contribution in [2.24, 2.45) is 0 Å². The predicted octanol–water partition coefficient (Wildman–Crippen LogP) is 1.06. The standard InChI is InChI=1S/C23H28O6/c1-2-13-29-23(15-18-11-7-4-8-12-18,22(28)21(27)19(25)16-24)20(26)14-17-9-5-3-6-10-17/h2-12,19,21-22,24-25,27-28H,1,13-16H2/t19-,21+,22+,23+/m1/s1. The van der Waals surface area contributed by atoms with Crippen LogP contribution >= 0.6 is 0 Å². The van der Waals surface area contributed by atoms with Gasteiger partial charge in [-0.15, -0.1) is 6.58 Å². The number of ketones is 1. The monoisotopic (exact) mass is 400 g/mol. The number of hydrogen-bond acceptors (Lipinski definition) is 6. The fourth-order valence-electron chi connectivity index (χ4n) is 3.22. The molecule has 0 amide bonds. The van der Waals surface area contributed by atoms with Crippen LogP contribution in [0.2, 0.25) is 0 Å². The minimum atomic E-state index is -1.85. The Bertz CT molecular complexity index is 763. The van der Waals surface area contributed by atoms with Gasteiger partial charge in [0.05, 0.1) is 13.2 Å². The fraction of sp³-hybridized carbons (Fsp3) is 0.348. The lowest BCUT2D eigenvalue weighted by molar-refractivity contribution is -0.186. The van der Waals surface area contributed by atoms with Crippen LogP contribution in [0.25, 0.3) is 0 Å². The molecule has 4 atom stereocenters. The van der Waals surface area contributed by atoms with E-state index in [-0.39, 0.29) is 19.4 Å². The normalized spacial score (nSPS) is 16.4. The number of aliphatic hydroxyl groups is 4. The van der Waals surface area contributed by atoms with Crippen molar-refractivity contribution in [3.8, 4) is 0 Å². The third-order valence-corrected chi connectivity index (χ3v) is 4.83. The second-order valence-corrected chi connectivity index (χ2v) is 6.92. The van der Waals surface area contributed by atoms with Crippen LogP contribution in [-0.2, 0) is 22.4 Å². The average Bonchev–Trinajstić information content (AvgIpc) is 2.76. The summed E-state index contributed by atoms with van der Waals surface area (Å²) in [6.45, 7) is 2.78. The molecule has 0 bridgehead atoms. The first-order chi connectivity index (χ1) is 13.9. The zero-order valence-corrected chi connectivity index (χ0v) is 16.2. The van der Waals surface area contributed by atoms with Crippen molar-refractivity contribution in [3.63, 3.8) is 0 Å². The molecule has 0 heterocycles. The highest BCUT2D eigenvalue weighted by Gasteiger charge is 2.50. The topological polar surface area (TPSA) is 107 Å². The second-order valence-electron chi connectivity index (χ2n) is 6.92. The molecule has 0 aliphatic rings. The molecule has 0 aromatic heterocycles. The minimum absolute atomic E-state index is 0.0241. The summed E-state index contributed by atoms with van der Waals surface area (Å²) >= 11 is 0. The van der Waals surface area contributed by atoms with Crippen LogP contribution in [-0.4, -0.2) is 63.3 Å². The second kappa shape index (κ2) is 11.0. The molecule has 0 radical (unpaired) electrons. The van der Waals surface area contributed by atoms with Gasteiger partial charge in [-0.25, -0.2) is 0 Å². The van der Waals surface area contributed by atoms with Gasteiger partial charge in [0, 0.05) is 12.8 Å². The molecule has 6 heteroatoms. The molecule has 0 saturated carbocycles. The molecule has 0 unspecified atom stereocenters. The number of carbonyl (C=O) groups excluding carboxylic acids is 1. The lowest BCUT2D eigenvalue weighted by atomic mass is 9.79. The highest BCUT2D eigenvalue weighted by molar-refractivity contribution is 5.90. The number of ether oxygens (including phenoxy) is 1. The number of aliphatic hydroxyl groups excluding tert-OH is 4. The first kappa shape index (κ1) is 22.9. The number of Topliss-reactive ketones (excluding diaryl/α,β-unsaturated/α-hetero) is 1. The first-order valence-electron chi connectivity index (χ1n) is 9.45. The van der Waals surface area contributed by atoms with E-state index in [1.807, 2.05) is 12.1 Å². The molecular weight excluding hydrogens is 372 g/mol.